The molecule has 0 aliphatic rings. The molecule has 0 bridgehead atoms. The van der Waals surface area contributed by atoms with Gasteiger partial charge in [0.1, 0.15) is 9.04 Å². The lowest BCUT2D eigenvalue weighted by Gasteiger charge is -2.08. The van der Waals surface area contributed by atoms with Crippen LogP contribution < -0.4 is 5.73 Å². The van der Waals surface area contributed by atoms with Crippen LogP contribution in [0.5, 0.6) is 0 Å². The van der Waals surface area contributed by atoms with Crippen LogP contribution in [0.2, 0.25) is 0 Å². The molecule has 3 aromatic heterocycles. The minimum absolute atomic E-state index is 0.441. The van der Waals surface area contributed by atoms with Gasteiger partial charge in [0.05, 0.1) is 32.8 Å². The molecule has 0 amide bonds. The maximum Gasteiger partial charge on any atom is 0.127 e. The number of nitrogens with zero attached hydrogens (tertiary/aromatic N) is 1. The molecular weight excluding hydrogens is 428 g/mol. The number of nitrogen functional groups attached to an aromatic ring is 1. The number of hydrogen-bond donors (Lipinski definition) is 1. The molecule has 1 atom stereocenters. The first-order valence-corrected chi connectivity index (χ1v) is 12.5. The fraction of sp³-hybridized carbons (Fsp3) is 0.0417. The fourth-order valence-electron chi connectivity index (χ4n) is 3.46. The summed E-state index contributed by atoms with van der Waals surface area (Å²) in [6, 6.07) is 26.2. The summed E-state index contributed by atoms with van der Waals surface area (Å²) in [6.45, 7) is 0. The number of benzene rings is 2. The number of nitrogens with two attached hydrogens (primary N) is 1. The van der Waals surface area contributed by atoms with Gasteiger partial charge in [0.25, 0.3) is 0 Å². The third-order valence-electron chi connectivity index (χ3n) is 4.87. The minimum atomic E-state index is -1.23. The average Bonchev–Trinajstić information content (AvgIpc) is 3.43. The molecule has 0 spiro atoms. The molecule has 30 heavy (non-hydrogen) atoms. The van der Waals surface area contributed by atoms with Gasteiger partial charge in [-0.2, -0.15) is 0 Å². The van der Waals surface area contributed by atoms with Crippen LogP contribution in [-0.4, -0.2) is 9.19 Å². The Morgan fingerprint density at radius 1 is 0.933 bits per heavy atom. The lowest BCUT2D eigenvalue weighted by molar-refractivity contribution is 0.684. The SMILES string of the molecule is Nc1c(S(=O)Cc2ccccc2)sc2nc(-c3cccs3)cc(-c3ccccc3)c12. The summed E-state index contributed by atoms with van der Waals surface area (Å²) in [5, 5.41) is 2.94. The molecule has 2 aromatic carbocycles. The minimum Gasteiger partial charge on any atom is -0.396 e. The Hall–Kier alpha value is -2.80. The van der Waals surface area contributed by atoms with Crippen molar-refractivity contribution >= 4 is 49.4 Å². The van der Waals surface area contributed by atoms with Gasteiger partial charge in [-0.05, 0) is 34.2 Å². The van der Waals surface area contributed by atoms with Gasteiger partial charge in [-0.25, -0.2) is 4.98 Å². The first-order valence-electron chi connectivity index (χ1n) is 9.45. The quantitative estimate of drug-likeness (QED) is 0.332. The Kier molecular flexibility index (Phi) is 5.21. The van der Waals surface area contributed by atoms with E-state index in [4.69, 9.17) is 10.7 Å². The van der Waals surface area contributed by atoms with Crippen molar-refractivity contribution in [3.05, 3.63) is 89.8 Å². The highest BCUT2D eigenvalue weighted by molar-refractivity contribution is 7.87. The van der Waals surface area contributed by atoms with Crippen molar-refractivity contribution in [3.63, 3.8) is 0 Å². The van der Waals surface area contributed by atoms with E-state index < -0.39 is 10.8 Å². The van der Waals surface area contributed by atoms with Gasteiger partial charge in [-0.15, -0.1) is 22.7 Å². The molecule has 6 heteroatoms. The van der Waals surface area contributed by atoms with E-state index in [2.05, 4.69) is 24.3 Å². The van der Waals surface area contributed by atoms with Crippen molar-refractivity contribution in [2.75, 3.05) is 5.73 Å². The summed E-state index contributed by atoms with van der Waals surface area (Å²) in [4.78, 5) is 6.82. The second kappa shape index (κ2) is 8.14. The molecule has 3 nitrogen and oxygen atoms in total. The molecule has 0 aliphatic carbocycles. The lowest BCUT2D eigenvalue weighted by Crippen LogP contribution is -1.98. The first kappa shape index (κ1) is 19.2. The fourth-order valence-corrected chi connectivity index (χ4v) is 6.76. The molecule has 0 saturated heterocycles. The van der Waals surface area contributed by atoms with Gasteiger partial charge >= 0.3 is 0 Å². The number of hydrogen-bond acceptors (Lipinski definition) is 5. The van der Waals surface area contributed by atoms with Crippen LogP contribution in [0.15, 0.2) is 88.5 Å². The summed E-state index contributed by atoms with van der Waals surface area (Å²) < 4.78 is 13.9. The number of thiophene rings is 2. The van der Waals surface area contributed by atoms with Gasteiger partial charge < -0.3 is 5.73 Å². The Balaban J connectivity index is 1.68. The normalized spacial score (nSPS) is 12.3. The Morgan fingerprint density at radius 3 is 2.37 bits per heavy atom. The second-order valence-electron chi connectivity index (χ2n) is 6.86. The maximum absolute atomic E-state index is 13.2. The number of anilines is 1. The number of rotatable bonds is 5. The lowest BCUT2D eigenvalue weighted by atomic mass is 10.0. The third kappa shape index (κ3) is 3.58. The molecular formula is C24H18N2OS3. The third-order valence-corrected chi connectivity index (χ3v) is 8.69. The van der Waals surface area contributed by atoms with Gasteiger partial charge in [-0.3, -0.25) is 4.21 Å². The Labute approximate surface area is 185 Å². The van der Waals surface area contributed by atoms with E-state index >= 15 is 0 Å². The summed E-state index contributed by atoms with van der Waals surface area (Å²) in [5.41, 5.74) is 11.2. The van der Waals surface area contributed by atoms with Crippen LogP contribution in [0.1, 0.15) is 5.56 Å². The molecule has 0 aliphatic heterocycles. The highest BCUT2D eigenvalue weighted by atomic mass is 32.2. The van der Waals surface area contributed by atoms with Gasteiger partial charge in [0.2, 0.25) is 0 Å². The zero-order valence-electron chi connectivity index (χ0n) is 15.9. The van der Waals surface area contributed by atoms with Crippen molar-refractivity contribution in [2.24, 2.45) is 0 Å². The molecule has 0 saturated carbocycles. The second-order valence-corrected chi connectivity index (χ2v) is 10.5. The van der Waals surface area contributed by atoms with Crippen molar-refractivity contribution in [3.8, 4) is 21.7 Å². The molecule has 3 heterocycles. The zero-order chi connectivity index (χ0) is 20.5. The van der Waals surface area contributed by atoms with Crippen LogP contribution in [-0.2, 0) is 16.6 Å². The van der Waals surface area contributed by atoms with Crippen LogP contribution in [0.25, 0.3) is 31.9 Å². The van der Waals surface area contributed by atoms with Crippen LogP contribution in [0.4, 0.5) is 5.69 Å². The molecule has 1 unspecified atom stereocenters. The Morgan fingerprint density at radius 2 is 1.67 bits per heavy atom. The predicted octanol–water partition coefficient (Wildman–Crippen LogP) is 6.58. The van der Waals surface area contributed by atoms with Crippen molar-refractivity contribution in [1.82, 2.24) is 4.98 Å². The van der Waals surface area contributed by atoms with Crippen LogP contribution >= 0.6 is 22.7 Å². The Bertz CT molecular complexity index is 1330. The summed E-state index contributed by atoms with van der Waals surface area (Å²) >= 11 is 3.10. The highest BCUT2D eigenvalue weighted by Crippen LogP contribution is 2.43. The molecule has 148 valence electrons. The van der Waals surface area contributed by atoms with Gasteiger partial charge in [-0.1, -0.05) is 66.7 Å². The average molecular weight is 447 g/mol. The summed E-state index contributed by atoms with van der Waals surface area (Å²) in [5.74, 6) is 0.441. The first-order chi connectivity index (χ1) is 14.7. The molecule has 5 rings (SSSR count). The predicted molar refractivity (Wildman–Crippen MR) is 129 cm³/mol. The standard InChI is InChI=1S/C24H18N2OS3/c25-22-21-18(17-10-5-2-6-11-17)14-19(20-12-7-13-28-20)26-23(21)29-24(22)30(27)15-16-8-3-1-4-9-16/h1-14H,15,25H2. The molecule has 0 radical (unpaired) electrons. The zero-order valence-corrected chi connectivity index (χ0v) is 18.4. The van der Waals surface area contributed by atoms with E-state index in [0.29, 0.717) is 15.6 Å². The van der Waals surface area contributed by atoms with E-state index in [1.165, 1.54) is 11.3 Å². The van der Waals surface area contributed by atoms with Crippen LogP contribution in [0, 0.1) is 0 Å². The van der Waals surface area contributed by atoms with E-state index in [-0.39, 0.29) is 0 Å². The van der Waals surface area contributed by atoms with Crippen LogP contribution in [0.3, 0.4) is 0 Å². The van der Waals surface area contributed by atoms with Crippen molar-refractivity contribution < 1.29 is 4.21 Å². The maximum atomic E-state index is 13.2. The van der Waals surface area contributed by atoms with Gasteiger partial charge in [0, 0.05) is 5.39 Å². The van der Waals surface area contributed by atoms with E-state index in [1.54, 1.807) is 11.3 Å². The largest absolute Gasteiger partial charge is 0.396 e. The van der Waals surface area contributed by atoms with E-state index in [1.807, 2.05) is 60.0 Å². The summed E-state index contributed by atoms with van der Waals surface area (Å²) in [6.07, 6.45) is 0. The van der Waals surface area contributed by atoms with Crippen molar-refractivity contribution in [2.45, 2.75) is 9.96 Å². The topological polar surface area (TPSA) is 56.0 Å². The monoisotopic (exact) mass is 446 g/mol. The van der Waals surface area contributed by atoms with E-state index in [9.17, 15) is 4.21 Å². The number of fused-ring (bicyclic) bond motifs is 1. The highest BCUT2D eigenvalue weighted by Gasteiger charge is 2.21. The summed E-state index contributed by atoms with van der Waals surface area (Å²) in [7, 11) is -1.23. The smallest absolute Gasteiger partial charge is 0.127 e. The molecule has 2 N–H and O–H groups in total. The van der Waals surface area contributed by atoms with Crippen molar-refractivity contribution in [1.29, 1.82) is 0 Å². The number of pyridine rings is 1. The number of aromatic nitrogens is 1. The van der Waals surface area contributed by atoms with E-state index in [0.717, 1.165) is 37.5 Å². The molecule has 5 aromatic rings. The molecule has 0 fully saturated rings. The van der Waals surface area contributed by atoms with Gasteiger partial charge in [0.15, 0.2) is 0 Å².